The topological polar surface area (TPSA) is 37.4 Å². The zero-order valence-electron chi connectivity index (χ0n) is 11.9. The minimum absolute atomic E-state index is 0.170. The van der Waals surface area contributed by atoms with Crippen molar-refractivity contribution in [2.45, 2.75) is 44.4 Å². The SMILES string of the molecule is COC1CCN(c2nccc(CNC3CC3)c2F)CC1. The number of aromatic nitrogens is 1. The number of hydrogen-bond donors (Lipinski definition) is 1. The fourth-order valence-corrected chi connectivity index (χ4v) is 2.67. The Bertz CT molecular complexity index is 456. The monoisotopic (exact) mass is 279 g/mol. The molecule has 0 aromatic carbocycles. The van der Waals surface area contributed by atoms with Crippen LogP contribution >= 0.6 is 0 Å². The molecule has 1 aromatic heterocycles. The van der Waals surface area contributed by atoms with E-state index in [2.05, 4.69) is 10.3 Å². The first-order valence-electron chi connectivity index (χ1n) is 7.42. The number of anilines is 1. The molecule has 0 radical (unpaired) electrons. The molecule has 20 heavy (non-hydrogen) atoms. The lowest BCUT2D eigenvalue weighted by molar-refractivity contribution is 0.0816. The Morgan fingerprint density at radius 2 is 2.10 bits per heavy atom. The highest BCUT2D eigenvalue weighted by Crippen LogP contribution is 2.25. The lowest BCUT2D eigenvalue weighted by Crippen LogP contribution is -2.37. The van der Waals surface area contributed by atoms with Crippen molar-refractivity contribution in [3.63, 3.8) is 0 Å². The van der Waals surface area contributed by atoms with Gasteiger partial charge in [-0.2, -0.15) is 0 Å². The number of nitrogens with one attached hydrogen (secondary N) is 1. The molecule has 1 aliphatic carbocycles. The Morgan fingerprint density at radius 3 is 2.75 bits per heavy atom. The summed E-state index contributed by atoms with van der Waals surface area (Å²) in [4.78, 5) is 6.27. The highest BCUT2D eigenvalue weighted by molar-refractivity contribution is 5.43. The maximum atomic E-state index is 14.5. The van der Waals surface area contributed by atoms with Crippen molar-refractivity contribution in [2.75, 3.05) is 25.1 Å². The Hall–Kier alpha value is -1.20. The normalized spacial score (nSPS) is 20.4. The van der Waals surface area contributed by atoms with Gasteiger partial charge in [0.1, 0.15) is 0 Å². The second-order valence-electron chi connectivity index (χ2n) is 5.68. The highest BCUT2D eigenvalue weighted by Gasteiger charge is 2.24. The number of pyridine rings is 1. The van der Waals surface area contributed by atoms with Crippen LogP contribution in [0.15, 0.2) is 12.3 Å². The minimum atomic E-state index is -0.170. The Labute approximate surface area is 119 Å². The van der Waals surface area contributed by atoms with Crippen molar-refractivity contribution >= 4 is 5.82 Å². The molecule has 1 aliphatic heterocycles. The van der Waals surface area contributed by atoms with E-state index < -0.39 is 0 Å². The van der Waals surface area contributed by atoms with Crippen LogP contribution < -0.4 is 10.2 Å². The Morgan fingerprint density at radius 1 is 1.35 bits per heavy atom. The van der Waals surface area contributed by atoms with E-state index in [1.54, 1.807) is 19.4 Å². The number of rotatable bonds is 5. The molecule has 1 N–H and O–H groups in total. The van der Waals surface area contributed by atoms with E-state index in [1.165, 1.54) is 12.8 Å². The van der Waals surface area contributed by atoms with E-state index in [4.69, 9.17) is 4.74 Å². The van der Waals surface area contributed by atoms with Crippen LogP contribution in [0, 0.1) is 5.82 Å². The molecule has 1 aromatic rings. The van der Waals surface area contributed by atoms with Gasteiger partial charge >= 0.3 is 0 Å². The molecule has 2 heterocycles. The summed E-state index contributed by atoms with van der Waals surface area (Å²) in [5, 5.41) is 3.35. The predicted octanol–water partition coefficient (Wildman–Crippen LogP) is 2.09. The van der Waals surface area contributed by atoms with Gasteiger partial charge in [0.05, 0.1) is 6.10 Å². The second-order valence-corrected chi connectivity index (χ2v) is 5.68. The van der Waals surface area contributed by atoms with Crippen LogP contribution in [0.3, 0.4) is 0 Å². The fraction of sp³-hybridized carbons (Fsp3) is 0.667. The number of ether oxygens (including phenoxy) is 1. The molecule has 0 bridgehead atoms. The molecule has 2 aliphatic rings. The van der Waals surface area contributed by atoms with E-state index in [0.717, 1.165) is 31.5 Å². The summed E-state index contributed by atoms with van der Waals surface area (Å²) in [5.74, 6) is 0.325. The van der Waals surface area contributed by atoms with Crippen molar-refractivity contribution in [1.82, 2.24) is 10.3 Å². The van der Waals surface area contributed by atoms with Gasteiger partial charge in [0.15, 0.2) is 11.6 Å². The molecule has 2 fully saturated rings. The zero-order chi connectivity index (χ0) is 13.9. The Kier molecular flexibility index (Phi) is 4.17. The summed E-state index contributed by atoms with van der Waals surface area (Å²) >= 11 is 0. The summed E-state index contributed by atoms with van der Waals surface area (Å²) in [6.45, 7) is 2.21. The van der Waals surface area contributed by atoms with Gasteiger partial charge in [0.25, 0.3) is 0 Å². The minimum Gasteiger partial charge on any atom is -0.381 e. The molecule has 1 saturated heterocycles. The first kappa shape index (κ1) is 13.8. The lowest BCUT2D eigenvalue weighted by atomic mass is 10.1. The van der Waals surface area contributed by atoms with E-state index >= 15 is 0 Å². The number of piperidine rings is 1. The summed E-state index contributed by atoms with van der Waals surface area (Å²) in [5.41, 5.74) is 0.718. The van der Waals surface area contributed by atoms with E-state index in [0.29, 0.717) is 24.5 Å². The average molecular weight is 279 g/mol. The van der Waals surface area contributed by atoms with Crippen LogP contribution in [0.2, 0.25) is 0 Å². The largest absolute Gasteiger partial charge is 0.381 e. The van der Waals surface area contributed by atoms with Crippen LogP contribution in [0.1, 0.15) is 31.2 Å². The standard InChI is InChI=1S/C15H22FN3O/c1-20-13-5-8-19(9-6-13)15-14(16)11(4-7-17-15)10-18-12-2-3-12/h4,7,12-13,18H,2-3,5-6,8-10H2,1H3. The number of hydrogen-bond acceptors (Lipinski definition) is 4. The summed E-state index contributed by atoms with van der Waals surface area (Å²) in [6.07, 6.45) is 6.30. The van der Waals surface area contributed by atoms with Gasteiger partial charge in [-0.25, -0.2) is 9.37 Å². The van der Waals surface area contributed by atoms with Crippen LogP contribution in [0.5, 0.6) is 0 Å². The van der Waals surface area contributed by atoms with Gasteiger partial charge < -0.3 is 15.0 Å². The first-order valence-corrected chi connectivity index (χ1v) is 7.42. The van der Waals surface area contributed by atoms with E-state index in [9.17, 15) is 4.39 Å². The molecule has 5 heteroatoms. The quantitative estimate of drug-likeness (QED) is 0.895. The maximum Gasteiger partial charge on any atom is 0.170 e. The number of methoxy groups -OCH3 is 1. The molecule has 4 nitrogen and oxygen atoms in total. The van der Waals surface area contributed by atoms with Crippen molar-refractivity contribution in [1.29, 1.82) is 0 Å². The molecular weight excluding hydrogens is 257 g/mol. The summed E-state index contributed by atoms with van der Waals surface area (Å²) in [7, 11) is 1.74. The fourth-order valence-electron chi connectivity index (χ4n) is 2.67. The molecule has 110 valence electrons. The third kappa shape index (κ3) is 3.10. The second kappa shape index (κ2) is 6.06. The van der Waals surface area contributed by atoms with Crippen LogP contribution in [-0.2, 0) is 11.3 Å². The van der Waals surface area contributed by atoms with Gasteiger partial charge in [-0.1, -0.05) is 0 Å². The van der Waals surface area contributed by atoms with Gasteiger partial charge in [0, 0.05) is 44.5 Å². The molecule has 3 rings (SSSR count). The molecule has 1 saturated carbocycles. The third-order valence-corrected chi connectivity index (χ3v) is 4.18. The Balaban J connectivity index is 1.67. The van der Waals surface area contributed by atoms with Gasteiger partial charge in [0.2, 0.25) is 0 Å². The molecule has 0 spiro atoms. The number of halogens is 1. The van der Waals surface area contributed by atoms with Crippen molar-refractivity contribution in [2.24, 2.45) is 0 Å². The molecular formula is C15H22FN3O. The molecule has 0 atom stereocenters. The number of nitrogens with zero attached hydrogens (tertiary/aromatic N) is 2. The summed E-state index contributed by atoms with van der Waals surface area (Å²) in [6, 6.07) is 2.36. The van der Waals surface area contributed by atoms with E-state index in [1.807, 2.05) is 4.90 Å². The van der Waals surface area contributed by atoms with Gasteiger partial charge in [-0.05, 0) is 31.7 Å². The van der Waals surface area contributed by atoms with Crippen LogP contribution in [-0.4, -0.2) is 37.3 Å². The third-order valence-electron chi connectivity index (χ3n) is 4.18. The first-order chi connectivity index (χ1) is 9.78. The zero-order valence-corrected chi connectivity index (χ0v) is 11.9. The van der Waals surface area contributed by atoms with Crippen molar-refractivity contribution < 1.29 is 9.13 Å². The highest BCUT2D eigenvalue weighted by atomic mass is 19.1. The summed E-state index contributed by atoms with van der Waals surface area (Å²) < 4.78 is 19.9. The smallest absolute Gasteiger partial charge is 0.170 e. The van der Waals surface area contributed by atoms with Crippen molar-refractivity contribution in [3.05, 3.63) is 23.6 Å². The van der Waals surface area contributed by atoms with Crippen molar-refractivity contribution in [3.8, 4) is 0 Å². The lowest BCUT2D eigenvalue weighted by Gasteiger charge is -2.32. The van der Waals surface area contributed by atoms with Crippen LogP contribution in [0.4, 0.5) is 10.2 Å². The van der Waals surface area contributed by atoms with Crippen LogP contribution in [0.25, 0.3) is 0 Å². The van der Waals surface area contributed by atoms with E-state index in [-0.39, 0.29) is 5.82 Å². The maximum absolute atomic E-state index is 14.5. The average Bonchev–Trinajstić information content (AvgIpc) is 3.31. The van der Waals surface area contributed by atoms with Gasteiger partial charge in [-0.15, -0.1) is 0 Å². The molecule has 0 unspecified atom stereocenters. The predicted molar refractivity (Wildman–Crippen MR) is 76.3 cm³/mol. The van der Waals surface area contributed by atoms with Gasteiger partial charge in [-0.3, -0.25) is 0 Å². The molecule has 0 amide bonds.